The van der Waals surface area contributed by atoms with Crippen molar-refractivity contribution < 1.29 is 18.0 Å². The number of benzene rings is 3. The van der Waals surface area contributed by atoms with Gasteiger partial charge in [-0.05, 0) is 42.8 Å². The van der Waals surface area contributed by atoms with Crippen molar-refractivity contribution in [2.75, 3.05) is 15.6 Å². The average Bonchev–Trinajstić information content (AvgIpc) is 3.11. The minimum Gasteiger partial charge on any atom is -0.304 e. The zero-order valence-electron chi connectivity index (χ0n) is 17.2. The van der Waals surface area contributed by atoms with Crippen molar-refractivity contribution in [3.63, 3.8) is 0 Å². The predicted octanol–water partition coefficient (Wildman–Crippen LogP) is 3.81. The van der Waals surface area contributed by atoms with Gasteiger partial charge in [0.25, 0.3) is 10.8 Å². The van der Waals surface area contributed by atoms with Gasteiger partial charge in [0.2, 0.25) is 5.91 Å². The van der Waals surface area contributed by atoms with Crippen LogP contribution in [0, 0.1) is 6.92 Å². The zero-order valence-corrected chi connectivity index (χ0v) is 18.7. The molecule has 0 aliphatic carbocycles. The van der Waals surface area contributed by atoms with Gasteiger partial charge in [-0.15, -0.1) is 0 Å². The van der Waals surface area contributed by atoms with E-state index in [0.717, 1.165) is 16.0 Å². The molecule has 0 saturated carbocycles. The predicted molar refractivity (Wildman–Crippen MR) is 123 cm³/mol. The van der Waals surface area contributed by atoms with Crippen LogP contribution < -0.4 is 9.80 Å². The number of hydrogen-bond acceptors (Lipinski definition) is 4. The summed E-state index contributed by atoms with van der Waals surface area (Å²) in [5, 5.41) is 0.339. The van der Waals surface area contributed by atoms with Crippen LogP contribution in [0.4, 0.5) is 11.4 Å². The number of aryl methyl sites for hydroxylation is 1. The molecule has 1 atom stereocenters. The molecule has 0 radical (unpaired) electrons. The van der Waals surface area contributed by atoms with Crippen LogP contribution in [-0.2, 0) is 30.8 Å². The SMILES string of the molecule is Cc1ccc2c(c1)C1(C(=O)N2Cc2ccccc2)N(c2cccc(Cl)c2)C(=O)CS1(=O)=O. The van der Waals surface area contributed by atoms with E-state index in [-0.39, 0.29) is 12.2 Å². The fraction of sp³-hybridized carbons (Fsp3) is 0.167. The number of halogens is 1. The monoisotopic (exact) mass is 466 g/mol. The molecule has 32 heavy (non-hydrogen) atoms. The highest BCUT2D eigenvalue weighted by Crippen LogP contribution is 2.53. The van der Waals surface area contributed by atoms with Gasteiger partial charge in [0.15, 0.2) is 9.84 Å². The molecule has 3 aromatic carbocycles. The molecular formula is C24H19ClN2O4S. The molecule has 3 aromatic rings. The Labute approximate surface area is 190 Å². The third-order valence-electron chi connectivity index (χ3n) is 5.92. The molecule has 5 rings (SSSR count). The minimum absolute atomic E-state index is 0.185. The molecule has 6 nitrogen and oxygen atoms in total. The van der Waals surface area contributed by atoms with Crippen LogP contribution in [0.3, 0.4) is 0 Å². The summed E-state index contributed by atoms with van der Waals surface area (Å²) in [6.45, 7) is 2.01. The molecule has 0 N–H and O–H groups in total. The Bertz CT molecular complexity index is 1370. The molecule has 2 amide bonds. The molecule has 2 aliphatic rings. The lowest BCUT2D eigenvalue weighted by atomic mass is 10.0. The molecule has 2 aliphatic heterocycles. The largest absolute Gasteiger partial charge is 0.304 e. The van der Waals surface area contributed by atoms with Crippen molar-refractivity contribution in [2.45, 2.75) is 18.3 Å². The van der Waals surface area contributed by atoms with Gasteiger partial charge in [0.1, 0.15) is 5.75 Å². The standard InChI is InChI=1S/C24H19ClN2O4S/c1-16-10-11-21-20(12-16)24(23(29)26(21)14-17-6-3-2-4-7-17)27(22(28)15-32(24,30)31)19-9-5-8-18(25)13-19/h2-13H,14-15H2,1H3. The van der Waals surface area contributed by atoms with Gasteiger partial charge in [0.05, 0.1) is 12.2 Å². The fourth-order valence-electron chi connectivity index (χ4n) is 4.59. The van der Waals surface area contributed by atoms with E-state index in [1.807, 2.05) is 43.3 Å². The zero-order chi connectivity index (χ0) is 22.7. The summed E-state index contributed by atoms with van der Waals surface area (Å²) in [5.74, 6) is -2.07. The molecule has 1 spiro atoms. The topological polar surface area (TPSA) is 74.8 Å². The summed E-state index contributed by atoms with van der Waals surface area (Å²) in [6.07, 6.45) is 0. The first kappa shape index (κ1) is 20.7. The summed E-state index contributed by atoms with van der Waals surface area (Å²) in [5.41, 5.74) is 2.68. The lowest BCUT2D eigenvalue weighted by Crippen LogP contribution is -2.54. The number of nitrogens with zero attached hydrogens (tertiary/aromatic N) is 2. The average molecular weight is 467 g/mol. The second-order valence-corrected chi connectivity index (χ2v) is 10.6. The van der Waals surface area contributed by atoms with Crippen LogP contribution in [0.15, 0.2) is 72.8 Å². The van der Waals surface area contributed by atoms with Crippen molar-refractivity contribution in [3.8, 4) is 0 Å². The Balaban J connectivity index is 1.78. The van der Waals surface area contributed by atoms with Crippen molar-refractivity contribution in [3.05, 3.63) is 94.5 Å². The first-order valence-electron chi connectivity index (χ1n) is 10.0. The van der Waals surface area contributed by atoms with Gasteiger partial charge in [0, 0.05) is 16.3 Å². The summed E-state index contributed by atoms with van der Waals surface area (Å²) >= 11 is 6.15. The van der Waals surface area contributed by atoms with E-state index in [4.69, 9.17) is 11.6 Å². The first-order chi connectivity index (χ1) is 15.3. The van der Waals surface area contributed by atoms with E-state index in [9.17, 15) is 18.0 Å². The third kappa shape index (κ3) is 2.81. The van der Waals surface area contributed by atoms with E-state index in [0.29, 0.717) is 16.3 Å². The molecule has 1 unspecified atom stereocenters. The highest BCUT2D eigenvalue weighted by molar-refractivity contribution is 7.94. The van der Waals surface area contributed by atoms with E-state index >= 15 is 0 Å². The number of rotatable bonds is 3. The fourth-order valence-corrected chi connectivity index (χ4v) is 6.80. The molecule has 8 heteroatoms. The van der Waals surface area contributed by atoms with Crippen LogP contribution in [0.1, 0.15) is 16.7 Å². The number of hydrogen-bond donors (Lipinski definition) is 0. The molecule has 1 fully saturated rings. The van der Waals surface area contributed by atoms with Gasteiger partial charge in [-0.2, -0.15) is 0 Å². The number of carbonyl (C=O) groups is 2. The summed E-state index contributed by atoms with van der Waals surface area (Å²) in [7, 11) is -4.21. The number of carbonyl (C=O) groups excluding carboxylic acids is 2. The molecule has 2 heterocycles. The van der Waals surface area contributed by atoms with Crippen LogP contribution in [0.5, 0.6) is 0 Å². The van der Waals surface area contributed by atoms with Gasteiger partial charge in [-0.3, -0.25) is 14.5 Å². The Morgan fingerprint density at radius 1 is 0.969 bits per heavy atom. The summed E-state index contributed by atoms with van der Waals surface area (Å²) < 4.78 is 27.2. The summed E-state index contributed by atoms with van der Waals surface area (Å²) in [6, 6.07) is 20.9. The Kier molecular flexibility index (Phi) is 4.65. The van der Waals surface area contributed by atoms with E-state index in [1.54, 1.807) is 30.3 Å². The van der Waals surface area contributed by atoms with Crippen molar-refractivity contribution >= 4 is 44.6 Å². The molecule has 162 valence electrons. The Morgan fingerprint density at radius 3 is 2.44 bits per heavy atom. The van der Waals surface area contributed by atoms with Crippen LogP contribution >= 0.6 is 11.6 Å². The van der Waals surface area contributed by atoms with E-state index < -0.39 is 32.3 Å². The van der Waals surface area contributed by atoms with Crippen molar-refractivity contribution in [1.82, 2.24) is 0 Å². The number of sulfone groups is 1. The Hall–Kier alpha value is -3.16. The van der Waals surface area contributed by atoms with Gasteiger partial charge < -0.3 is 4.90 Å². The number of amides is 2. The van der Waals surface area contributed by atoms with Crippen LogP contribution in [0.25, 0.3) is 0 Å². The van der Waals surface area contributed by atoms with Crippen molar-refractivity contribution in [1.29, 1.82) is 0 Å². The maximum atomic E-state index is 14.1. The lowest BCUT2D eigenvalue weighted by molar-refractivity contribution is -0.123. The third-order valence-corrected chi connectivity index (χ3v) is 8.26. The molecular weight excluding hydrogens is 448 g/mol. The van der Waals surface area contributed by atoms with Gasteiger partial charge >= 0.3 is 0 Å². The first-order valence-corrected chi connectivity index (χ1v) is 12.1. The smallest absolute Gasteiger partial charge is 0.274 e. The van der Waals surface area contributed by atoms with Crippen LogP contribution in [-0.4, -0.2) is 26.0 Å². The second-order valence-electron chi connectivity index (χ2n) is 8.01. The van der Waals surface area contributed by atoms with Gasteiger partial charge in [-0.1, -0.05) is 59.6 Å². The minimum atomic E-state index is -4.21. The second kappa shape index (κ2) is 7.18. The van der Waals surface area contributed by atoms with Crippen molar-refractivity contribution in [2.24, 2.45) is 0 Å². The highest BCUT2D eigenvalue weighted by Gasteiger charge is 2.69. The maximum Gasteiger partial charge on any atom is 0.274 e. The number of anilines is 2. The summed E-state index contributed by atoms with van der Waals surface area (Å²) in [4.78, 5) is 27.6. The lowest BCUT2D eigenvalue weighted by Gasteiger charge is -2.32. The normalized spacial score (nSPS) is 21.4. The molecule has 1 saturated heterocycles. The van der Waals surface area contributed by atoms with Crippen LogP contribution in [0.2, 0.25) is 5.02 Å². The number of fused-ring (bicyclic) bond motifs is 2. The van der Waals surface area contributed by atoms with E-state index in [1.165, 1.54) is 11.0 Å². The molecule has 0 aromatic heterocycles. The maximum absolute atomic E-state index is 14.1. The van der Waals surface area contributed by atoms with E-state index in [2.05, 4.69) is 0 Å². The van der Waals surface area contributed by atoms with Gasteiger partial charge in [-0.25, -0.2) is 8.42 Å². The Morgan fingerprint density at radius 2 is 1.72 bits per heavy atom. The quantitative estimate of drug-likeness (QED) is 0.588. The highest BCUT2D eigenvalue weighted by atomic mass is 35.5. The molecule has 0 bridgehead atoms.